The van der Waals surface area contributed by atoms with Crippen LogP contribution in [0.2, 0.25) is 0 Å². The number of aromatic nitrogens is 1. The highest BCUT2D eigenvalue weighted by atomic mass is 32.1. The van der Waals surface area contributed by atoms with Crippen molar-refractivity contribution in [1.29, 1.82) is 0 Å². The van der Waals surface area contributed by atoms with Crippen molar-refractivity contribution in [1.82, 2.24) is 10.3 Å². The Bertz CT molecular complexity index is 873. The highest BCUT2D eigenvalue weighted by Crippen LogP contribution is 2.24. The Morgan fingerprint density at radius 3 is 2.69 bits per heavy atom. The summed E-state index contributed by atoms with van der Waals surface area (Å²) in [6.45, 7) is 3.75. The second kappa shape index (κ2) is 7.97. The first-order chi connectivity index (χ1) is 12.5. The van der Waals surface area contributed by atoms with E-state index in [0.717, 1.165) is 10.6 Å². The van der Waals surface area contributed by atoms with E-state index >= 15 is 0 Å². The second-order valence-electron chi connectivity index (χ2n) is 6.08. The van der Waals surface area contributed by atoms with Gasteiger partial charge in [-0.1, -0.05) is 26.0 Å². The molecular weight excluding hydrogens is 350 g/mol. The molecule has 0 aliphatic rings. The standard InChI is InChI=1S/C19H19N3O3S/c1-12(2)16(22-17(23)15-7-4-9-25-15)18(24)21-14-6-3-5-13(11-14)19-20-8-10-26-19/h3-12,16H,1-2H3,(H,21,24)(H,22,23). The third-order valence-corrected chi connectivity index (χ3v) is 4.61. The van der Waals surface area contributed by atoms with Crippen LogP contribution in [0.4, 0.5) is 5.69 Å². The van der Waals surface area contributed by atoms with Crippen LogP contribution >= 0.6 is 11.3 Å². The number of carbonyl (C=O) groups is 2. The Balaban J connectivity index is 1.72. The fraction of sp³-hybridized carbons (Fsp3) is 0.211. The van der Waals surface area contributed by atoms with Gasteiger partial charge in [-0.15, -0.1) is 11.3 Å². The van der Waals surface area contributed by atoms with Gasteiger partial charge in [0.05, 0.1) is 6.26 Å². The lowest BCUT2D eigenvalue weighted by Crippen LogP contribution is -2.47. The molecule has 0 saturated carbocycles. The lowest BCUT2D eigenvalue weighted by atomic mass is 10.0. The summed E-state index contributed by atoms with van der Waals surface area (Å²) in [6, 6.07) is 9.97. The van der Waals surface area contributed by atoms with Crippen LogP contribution in [0.1, 0.15) is 24.4 Å². The average Bonchev–Trinajstić information content (AvgIpc) is 3.32. The number of nitrogens with zero attached hydrogens (tertiary/aromatic N) is 1. The van der Waals surface area contributed by atoms with E-state index < -0.39 is 11.9 Å². The molecule has 3 rings (SSSR count). The molecule has 1 atom stereocenters. The molecule has 0 aliphatic carbocycles. The highest BCUT2D eigenvalue weighted by molar-refractivity contribution is 7.13. The maximum absolute atomic E-state index is 12.7. The summed E-state index contributed by atoms with van der Waals surface area (Å²) in [5, 5.41) is 8.38. The van der Waals surface area contributed by atoms with Crippen molar-refractivity contribution in [3.63, 3.8) is 0 Å². The lowest BCUT2D eigenvalue weighted by Gasteiger charge is -2.21. The molecule has 0 fully saturated rings. The zero-order valence-electron chi connectivity index (χ0n) is 14.4. The summed E-state index contributed by atoms with van der Waals surface area (Å²) in [5.41, 5.74) is 1.58. The van der Waals surface area contributed by atoms with Crippen LogP contribution in [-0.2, 0) is 4.79 Å². The van der Waals surface area contributed by atoms with Gasteiger partial charge >= 0.3 is 0 Å². The Hall–Kier alpha value is -2.93. The molecular formula is C19H19N3O3S. The molecule has 7 heteroatoms. The Kier molecular flexibility index (Phi) is 5.48. The summed E-state index contributed by atoms with van der Waals surface area (Å²) in [6.07, 6.45) is 3.16. The van der Waals surface area contributed by atoms with Crippen LogP contribution in [0.3, 0.4) is 0 Å². The molecule has 0 aliphatic heterocycles. The van der Waals surface area contributed by atoms with Gasteiger partial charge in [-0.25, -0.2) is 4.98 Å². The first kappa shape index (κ1) is 17.9. The normalized spacial score (nSPS) is 12.0. The molecule has 2 amide bonds. The zero-order valence-corrected chi connectivity index (χ0v) is 15.2. The smallest absolute Gasteiger partial charge is 0.287 e. The van der Waals surface area contributed by atoms with Gasteiger partial charge in [-0.05, 0) is 30.2 Å². The topological polar surface area (TPSA) is 84.2 Å². The minimum Gasteiger partial charge on any atom is -0.459 e. The van der Waals surface area contributed by atoms with Crippen LogP contribution in [0.15, 0.2) is 58.7 Å². The number of furan rings is 1. The summed E-state index contributed by atoms with van der Waals surface area (Å²) >= 11 is 1.53. The molecule has 0 bridgehead atoms. The first-order valence-corrected chi connectivity index (χ1v) is 9.07. The van der Waals surface area contributed by atoms with E-state index in [1.807, 2.05) is 37.4 Å². The maximum atomic E-state index is 12.7. The van der Waals surface area contributed by atoms with Crippen molar-refractivity contribution < 1.29 is 14.0 Å². The maximum Gasteiger partial charge on any atom is 0.287 e. The minimum absolute atomic E-state index is 0.0870. The minimum atomic E-state index is -0.684. The van der Waals surface area contributed by atoms with Gasteiger partial charge in [0.2, 0.25) is 5.91 Å². The van der Waals surface area contributed by atoms with Crippen LogP contribution in [0.25, 0.3) is 10.6 Å². The fourth-order valence-electron chi connectivity index (χ4n) is 2.47. The second-order valence-corrected chi connectivity index (χ2v) is 6.97. The SMILES string of the molecule is CC(C)C(NC(=O)c1ccco1)C(=O)Nc1cccc(-c2nccs2)c1. The number of nitrogens with one attached hydrogen (secondary N) is 2. The number of carbonyl (C=O) groups excluding carboxylic acids is 2. The number of thiazole rings is 1. The van der Waals surface area contributed by atoms with Crippen molar-refractivity contribution in [2.24, 2.45) is 5.92 Å². The summed E-state index contributed by atoms with van der Waals surface area (Å²) in [5.74, 6) is -0.609. The highest BCUT2D eigenvalue weighted by Gasteiger charge is 2.25. The van der Waals surface area contributed by atoms with Crippen molar-refractivity contribution in [3.05, 3.63) is 60.0 Å². The van der Waals surface area contributed by atoms with E-state index in [1.54, 1.807) is 24.4 Å². The van der Waals surface area contributed by atoms with Gasteiger partial charge in [0, 0.05) is 22.8 Å². The third kappa shape index (κ3) is 4.18. The van der Waals surface area contributed by atoms with Crippen molar-refractivity contribution in [2.75, 3.05) is 5.32 Å². The van der Waals surface area contributed by atoms with E-state index in [1.165, 1.54) is 17.6 Å². The number of rotatable bonds is 6. The van der Waals surface area contributed by atoms with E-state index in [2.05, 4.69) is 15.6 Å². The molecule has 3 aromatic rings. The molecule has 2 aromatic heterocycles. The molecule has 2 N–H and O–H groups in total. The van der Waals surface area contributed by atoms with E-state index in [-0.39, 0.29) is 17.6 Å². The first-order valence-electron chi connectivity index (χ1n) is 8.20. The van der Waals surface area contributed by atoms with Gasteiger partial charge in [-0.2, -0.15) is 0 Å². The van der Waals surface area contributed by atoms with Gasteiger partial charge in [0.1, 0.15) is 11.0 Å². The molecule has 0 saturated heterocycles. The Morgan fingerprint density at radius 2 is 2.04 bits per heavy atom. The lowest BCUT2D eigenvalue weighted by molar-refractivity contribution is -0.118. The Morgan fingerprint density at radius 1 is 1.19 bits per heavy atom. The monoisotopic (exact) mass is 369 g/mol. The van der Waals surface area contributed by atoms with Crippen molar-refractivity contribution >= 4 is 28.8 Å². The van der Waals surface area contributed by atoms with Gasteiger partial charge in [-0.3, -0.25) is 9.59 Å². The van der Waals surface area contributed by atoms with Crippen molar-refractivity contribution in [2.45, 2.75) is 19.9 Å². The number of hydrogen-bond donors (Lipinski definition) is 2. The number of amides is 2. The number of hydrogen-bond acceptors (Lipinski definition) is 5. The van der Waals surface area contributed by atoms with E-state index in [4.69, 9.17) is 4.42 Å². The third-order valence-electron chi connectivity index (χ3n) is 3.79. The Labute approximate surface area is 155 Å². The number of anilines is 1. The molecule has 134 valence electrons. The fourth-order valence-corrected chi connectivity index (χ4v) is 3.11. The van der Waals surface area contributed by atoms with Gasteiger partial charge in [0.25, 0.3) is 5.91 Å². The summed E-state index contributed by atoms with van der Waals surface area (Å²) in [7, 11) is 0. The molecule has 1 unspecified atom stereocenters. The van der Waals surface area contributed by atoms with Crippen LogP contribution in [-0.4, -0.2) is 22.8 Å². The largest absolute Gasteiger partial charge is 0.459 e. The predicted octanol–water partition coefficient (Wildman–Crippen LogP) is 3.80. The summed E-state index contributed by atoms with van der Waals surface area (Å²) in [4.78, 5) is 29.2. The van der Waals surface area contributed by atoms with Gasteiger partial charge in [0.15, 0.2) is 5.76 Å². The van der Waals surface area contributed by atoms with Crippen LogP contribution in [0, 0.1) is 5.92 Å². The average molecular weight is 369 g/mol. The summed E-state index contributed by atoms with van der Waals surface area (Å²) < 4.78 is 5.08. The quantitative estimate of drug-likeness (QED) is 0.692. The molecule has 6 nitrogen and oxygen atoms in total. The van der Waals surface area contributed by atoms with Gasteiger partial charge < -0.3 is 15.1 Å². The molecule has 2 heterocycles. The molecule has 0 radical (unpaired) electrons. The zero-order chi connectivity index (χ0) is 18.5. The number of benzene rings is 1. The molecule has 0 spiro atoms. The van der Waals surface area contributed by atoms with Crippen LogP contribution < -0.4 is 10.6 Å². The predicted molar refractivity (Wildman–Crippen MR) is 101 cm³/mol. The van der Waals surface area contributed by atoms with Crippen molar-refractivity contribution in [3.8, 4) is 10.6 Å². The molecule has 1 aromatic carbocycles. The van der Waals surface area contributed by atoms with E-state index in [0.29, 0.717) is 5.69 Å². The van der Waals surface area contributed by atoms with Crippen LogP contribution in [0.5, 0.6) is 0 Å². The molecule has 26 heavy (non-hydrogen) atoms. The van der Waals surface area contributed by atoms with E-state index in [9.17, 15) is 9.59 Å².